The van der Waals surface area contributed by atoms with Gasteiger partial charge in [0.1, 0.15) is 11.9 Å². The third-order valence-corrected chi connectivity index (χ3v) is 3.18. The Labute approximate surface area is 109 Å². The first-order valence-electron chi connectivity index (χ1n) is 5.54. The SMILES string of the molecule is O=C(OCl)c1cccc2cc3ccccc3cc12. The fourth-order valence-corrected chi connectivity index (χ4v) is 2.27. The van der Waals surface area contributed by atoms with Gasteiger partial charge in [0.25, 0.3) is 0 Å². The predicted molar refractivity (Wildman–Crippen MR) is 72.7 cm³/mol. The normalized spacial score (nSPS) is 10.7. The van der Waals surface area contributed by atoms with Gasteiger partial charge in [0.2, 0.25) is 0 Å². The summed E-state index contributed by atoms with van der Waals surface area (Å²) in [6.07, 6.45) is 0. The Morgan fingerprint density at radius 3 is 2.28 bits per heavy atom. The Kier molecular flexibility index (Phi) is 2.65. The average Bonchev–Trinajstić information content (AvgIpc) is 2.43. The van der Waals surface area contributed by atoms with Crippen molar-refractivity contribution >= 4 is 39.4 Å². The minimum atomic E-state index is -0.530. The van der Waals surface area contributed by atoms with Gasteiger partial charge in [0, 0.05) is 0 Å². The summed E-state index contributed by atoms with van der Waals surface area (Å²) < 4.78 is 4.29. The van der Waals surface area contributed by atoms with Gasteiger partial charge in [-0.15, -0.1) is 0 Å². The number of fused-ring (bicyclic) bond motifs is 2. The van der Waals surface area contributed by atoms with Crippen molar-refractivity contribution < 1.29 is 9.08 Å². The molecule has 0 aromatic heterocycles. The van der Waals surface area contributed by atoms with E-state index in [4.69, 9.17) is 11.9 Å². The molecule has 0 aliphatic heterocycles. The molecule has 0 spiro atoms. The van der Waals surface area contributed by atoms with Crippen LogP contribution in [0.4, 0.5) is 0 Å². The molecule has 0 unspecified atom stereocenters. The van der Waals surface area contributed by atoms with Crippen molar-refractivity contribution in [1.29, 1.82) is 0 Å². The zero-order valence-corrected chi connectivity index (χ0v) is 10.1. The van der Waals surface area contributed by atoms with Crippen LogP contribution in [0.15, 0.2) is 54.6 Å². The smallest absolute Gasteiger partial charge is 0.343 e. The van der Waals surface area contributed by atoms with Gasteiger partial charge in [-0.3, -0.25) is 0 Å². The molecular formula is C15H9ClO2. The van der Waals surface area contributed by atoms with E-state index in [1.165, 1.54) is 0 Å². The minimum Gasteiger partial charge on any atom is -0.343 e. The monoisotopic (exact) mass is 256 g/mol. The molecule has 18 heavy (non-hydrogen) atoms. The molecule has 3 aromatic rings. The summed E-state index contributed by atoms with van der Waals surface area (Å²) in [5.74, 6) is -0.530. The van der Waals surface area contributed by atoms with Gasteiger partial charge in [0.05, 0.1) is 5.56 Å². The average molecular weight is 257 g/mol. The van der Waals surface area contributed by atoms with Gasteiger partial charge < -0.3 is 4.29 Å². The van der Waals surface area contributed by atoms with E-state index in [1.54, 1.807) is 6.07 Å². The number of carbonyl (C=O) groups excluding carboxylic acids is 1. The van der Waals surface area contributed by atoms with E-state index in [9.17, 15) is 4.79 Å². The van der Waals surface area contributed by atoms with Crippen molar-refractivity contribution in [2.45, 2.75) is 0 Å². The van der Waals surface area contributed by atoms with Crippen LogP contribution < -0.4 is 0 Å². The van der Waals surface area contributed by atoms with Crippen molar-refractivity contribution in [3.05, 3.63) is 60.2 Å². The molecule has 0 aliphatic rings. The van der Waals surface area contributed by atoms with Crippen LogP contribution in [0.3, 0.4) is 0 Å². The first-order chi connectivity index (χ1) is 8.79. The number of rotatable bonds is 1. The maximum absolute atomic E-state index is 11.6. The number of hydrogen-bond acceptors (Lipinski definition) is 2. The van der Waals surface area contributed by atoms with Crippen LogP contribution in [0.25, 0.3) is 21.5 Å². The molecule has 0 bridgehead atoms. The molecule has 0 fully saturated rings. The maximum Gasteiger partial charge on any atom is 0.356 e. The van der Waals surface area contributed by atoms with Crippen LogP contribution >= 0.6 is 11.9 Å². The van der Waals surface area contributed by atoms with E-state index in [-0.39, 0.29) is 0 Å². The number of hydrogen-bond donors (Lipinski definition) is 0. The number of halogens is 1. The predicted octanol–water partition coefficient (Wildman–Crippen LogP) is 4.30. The van der Waals surface area contributed by atoms with E-state index in [0.29, 0.717) is 5.56 Å². The molecule has 0 saturated heterocycles. The van der Waals surface area contributed by atoms with Crippen molar-refractivity contribution in [2.24, 2.45) is 0 Å². The molecule has 3 aromatic carbocycles. The zero-order chi connectivity index (χ0) is 12.5. The summed E-state index contributed by atoms with van der Waals surface area (Å²) in [4.78, 5) is 11.6. The van der Waals surface area contributed by atoms with Gasteiger partial charge in [-0.05, 0) is 39.7 Å². The summed E-state index contributed by atoms with van der Waals surface area (Å²) >= 11 is 5.16. The highest BCUT2D eigenvalue weighted by Crippen LogP contribution is 2.26. The lowest BCUT2D eigenvalue weighted by Crippen LogP contribution is -1.98. The number of benzene rings is 3. The van der Waals surface area contributed by atoms with E-state index < -0.39 is 5.97 Å². The Hall–Kier alpha value is -2.06. The highest BCUT2D eigenvalue weighted by atomic mass is 35.5. The Morgan fingerprint density at radius 2 is 1.56 bits per heavy atom. The van der Waals surface area contributed by atoms with Gasteiger partial charge in [-0.25, -0.2) is 4.79 Å². The summed E-state index contributed by atoms with van der Waals surface area (Å²) in [5.41, 5.74) is 0.480. The molecule has 88 valence electrons. The summed E-state index contributed by atoms with van der Waals surface area (Å²) in [6.45, 7) is 0. The molecule has 0 aliphatic carbocycles. The molecular weight excluding hydrogens is 248 g/mol. The lowest BCUT2D eigenvalue weighted by atomic mass is 10.00. The summed E-state index contributed by atoms with van der Waals surface area (Å²) in [6, 6.07) is 17.5. The van der Waals surface area contributed by atoms with Crippen molar-refractivity contribution in [3.8, 4) is 0 Å². The first kappa shape index (κ1) is 11.1. The molecule has 3 rings (SSSR count). The lowest BCUT2D eigenvalue weighted by Gasteiger charge is -2.05. The van der Waals surface area contributed by atoms with Crippen molar-refractivity contribution in [2.75, 3.05) is 0 Å². The van der Waals surface area contributed by atoms with Crippen LogP contribution in [0.1, 0.15) is 10.4 Å². The molecule has 3 heteroatoms. The van der Waals surface area contributed by atoms with E-state index in [2.05, 4.69) is 10.4 Å². The highest BCUT2D eigenvalue weighted by molar-refractivity contribution is 6.18. The third-order valence-electron chi connectivity index (χ3n) is 3.04. The Morgan fingerprint density at radius 1 is 0.889 bits per heavy atom. The first-order valence-corrected chi connectivity index (χ1v) is 5.85. The molecule has 0 radical (unpaired) electrons. The molecule has 2 nitrogen and oxygen atoms in total. The third kappa shape index (κ3) is 1.71. The van der Waals surface area contributed by atoms with E-state index in [0.717, 1.165) is 21.5 Å². The second-order valence-corrected chi connectivity index (χ2v) is 4.24. The fraction of sp³-hybridized carbons (Fsp3) is 0. The van der Waals surface area contributed by atoms with Gasteiger partial charge >= 0.3 is 5.97 Å². The Balaban J connectivity index is 2.39. The van der Waals surface area contributed by atoms with Gasteiger partial charge in [-0.2, -0.15) is 0 Å². The van der Waals surface area contributed by atoms with E-state index >= 15 is 0 Å². The van der Waals surface area contributed by atoms with Crippen molar-refractivity contribution in [1.82, 2.24) is 0 Å². The molecule has 0 atom stereocenters. The lowest BCUT2D eigenvalue weighted by molar-refractivity contribution is 0.0753. The summed E-state index contributed by atoms with van der Waals surface area (Å²) in [7, 11) is 0. The minimum absolute atomic E-state index is 0.480. The highest BCUT2D eigenvalue weighted by Gasteiger charge is 2.11. The second-order valence-electron chi connectivity index (χ2n) is 4.09. The molecule has 0 saturated carbocycles. The van der Waals surface area contributed by atoms with Gasteiger partial charge in [-0.1, -0.05) is 36.4 Å². The topological polar surface area (TPSA) is 26.3 Å². The van der Waals surface area contributed by atoms with Crippen LogP contribution in [0.5, 0.6) is 0 Å². The summed E-state index contributed by atoms with van der Waals surface area (Å²) in [5, 5.41) is 4.07. The quantitative estimate of drug-likeness (QED) is 0.607. The fourth-order valence-electron chi connectivity index (χ4n) is 2.19. The molecule has 0 amide bonds. The largest absolute Gasteiger partial charge is 0.356 e. The molecule has 0 heterocycles. The molecule has 0 N–H and O–H groups in total. The maximum atomic E-state index is 11.6. The van der Waals surface area contributed by atoms with Gasteiger partial charge in [0.15, 0.2) is 0 Å². The van der Waals surface area contributed by atoms with Crippen LogP contribution in [-0.2, 0) is 4.29 Å². The van der Waals surface area contributed by atoms with Crippen LogP contribution in [0, 0.1) is 0 Å². The second kappa shape index (κ2) is 4.31. The van der Waals surface area contributed by atoms with Crippen LogP contribution in [-0.4, -0.2) is 5.97 Å². The van der Waals surface area contributed by atoms with Crippen LogP contribution in [0.2, 0.25) is 0 Å². The Bertz CT molecular complexity index is 750. The van der Waals surface area contributed by atoms with E-state index in [1.807, 2.05) is 42.5 Å². The van der Waals surface area contributed by atoms with Crippen molar-refractivity contribution in [3.63, 3.8) is 0 Å². The zero-order valence-electron chi connectivity index (χ0n) is 9.39. The number of carbonyl (C=O) groups is 1. The standard InChI is InChI=1S/C15H9ClO2/c16-18-15(17)13-7-3-6-12-8-10-4-1-2-5-11(10)9-14(12)13/h1-9H.